The Morgan fingerprint density at radius 1 is 1.00 bits per heavy atom. The Morgan fingerprint density at radius 2 is 1.80 bits per heavy atom. The molecule has 0 spiro atoms. The number of aromatic nitrogens is 1. The molecular formula is C20H17FN2O2. The van der Waals surface area contributed by atoms with Crippen molar-refractivity contribution in [1.82, 2.24) is 4.98 Å². The van der Waals surface area contributed by atoms with Crippen molar-refractivity contribution >= 4 is 11.6 Å². The maximum Gasteiger partial charge on any atom is 0.255 e. The molecule has 0 aliphatic rings. The lowest BCUT2D eigenvalue weighted by Crippen LogP contribution is -2.12. The first-order valence-corrected chi connectivity index (χ1v) is 7.85. The van der Waals surface area contributed by atoms with E-state index in [-0.39, 0.29) is 12.5 Å². The Bertz CT molecular complexity index is 839. The number of nitrogens with one attached hydrogen (secondary N) is 1. The fourth-order valence-electron chi connectivity index (χ4n) is 2.28. The summed E-state index contributed by atoms with van der Waals surface area (Å²) >= 11 is 0. The van der Waals surface area contributed by atoms with E-state index in [4.69, 9.17) is 4.74 Å². The van der Waals surface area contributed by atoms with Gasteiger partial charge in [0, 0.05) is 23.0 Å². The van der Waals surface area contributed by atoms with E-state index in [0.29, 0.717) is 23.4 Å². The Balaban J connectivity index is 1.58. The summed E-state index contributed by atoms with van der Waals surface area (Å²) < 4.78 is 19.7. The van der Waals surface area contributed by atoms with Gasteiger partial charge in [-0.05, 0) is 36.4 Å². The van der Waals surface area contributed by atoms with Crippen molar-refractivity contribution in [3.05, 3.63) is 95.6 Å². The predicted octanol–water partition coefficient (Wildman–Crippen LogP) is 4.19. The Hall–Kier alpha value is -3.05. The molecule has 3 rings (SSSR count). The van der Waals surface area contributed by atoms with E-state index < -0.39 is 5.82 Å². The normalized spacial score (nSPS) is 10.4. The van der Waals surface area contributed by atoms with Gasteiger partial charge in [0.15, 0.2) is 0 Å². The summed E-state index contributed by atoms with van der Waals surface area (Å²) in [6.07, 6.45) is 1.68. The summed E-state index contributed by atoms with van der Waals surface area (Å²) in [5.41, 5.74) is 2.13. The predicted molar refractivity (Wildman–Crippen MR) is 93.5 cm³/mol. The summed E-state index contributed by atoms with van der Waals surface area (Å²) in [7, 11) is 0. The molecule has 0 atom stereocenters. The number of pyridine rings is 1. The van der Waals surface area contributed by atoms with E-state index in [9.17, 15) is 9.18 Å². The van der Waals surface area contributed by atoms with E-state index in [0.717, 1.165) is 5.69 Å². The van der Waals surface area contributed by atoms with Gasteiger partial charge >= 0.3 is 0 Å². The topological polar surface area (TPSA) is 51.2 Å². The fourth-order valence-corrected chi connectivity index (χ4v) is 2.28. The zero-order chi connectivity index (χ0) is 17.5. The lowest BCUT2D eigenvalue weighted by Gasteiger charge is -2.09. The number of carbonyl (C=O) groups is 1. The van der Waals surface area contributed by atoms with Crippen LogP contribution in [0.4, 0.5) is 10.1 Å². The molecule has 0 bridgehead atoms. The molecule has 0 aliphatic carbocycles. The highest BCUT2D eigenvalue weighted by atomic mass is 19.1. The summed E-state index contributed by atoms with van der Waals surface area (Å²) in [6.45, 7) is 0.447. The van der Waals surface area contributed by atoms with Crippen LogP contribution in [0.2, 0.25) is 0 Å². The third kappa shape index (κ3) is 4.71. The molecule has 5 heteroatoms. The van der Waals surface area contributed by atoms with Crippen molar-refractivity contribution in [3.63, 3.8) is 0 Å². The van der Waals surface area contributed by atoms with Gasteiger partial charge in [0.05, 0.1) is 18.9 Å². The van der Waals surface area contributed by atoms with Gasteiger partial charge in [0.2, 0.25) is 0 Å². The molecule has 3 aromatic rings. The van der Waals surface area contributed by atoms with Crippen molar-refractivity contribution in [3.8, 4) is 0 Å². The van der Waals surface area contributed by atoms with Crippen LogP contribution in [0.25, 0.3) is 0 Å². The third-order valence-electron chi connectivity index (χ3n) is 3.58. The maximum absolute atomic E-state index is 14.2. The minimum absolute atomic E-state index is 0.134. The molecule has 1 aromatic heterocycles. The standard InChI is InChI=1S/C20H17FN2O2/c21-19-12-17(23-20(24)15-6-2-1-3-7-15)10-9-16(19)13-25-14-18-8-4-5-11-22-18/h1-12H,13-14H2,(H,23,24). The van der Waals surface area contributed by atoms with Crippen LogP contribution in [0, 0.1) is 5.82 Å². The first-order chi connectivity index (χ1) is 12.2. The van der Waals surface area contributed by atoms with Crippen LogP contribution in [-0.2, 0) is 18.0 Å². The molecule has 2 aromatic carbocycles. The number of halogens is 1. The molecule has 0 radical (unpaired) electrons. The van der Waals surface area contributed by atoms with Crippen LogP contribution < -0.4 is 5.32 Å². The minimum Gasteiger partial charge on any atom is -0.370 e. The molecule has 0 saturated heterocycles. The summed E-state index contributed by atoms with van der Waals surface area (Å²) in [5.74, 6) is -0.703. The molecule has 0 saturated carbocycles. The summed E-state index contributed by atoms with van der Waals surface area (Å²) in [5, 5.41) is 2.68. The van der Waals surface area contributed by atoms with Gasteiger partial charge in [-0.2, -0.15) is 0 Å². The molecule has 4 nitrogen and oxygen atoms in total. The van der Waals surface area contributed by atoms with Crippen molar-refractivity contribution in [2.75, 3.05) is 5.32 Å². The van der Waals surface area contributed by atoms with Crippen molar-refractivity contribution in [2.24, 2.45) is 0 Å². The average Bonchev–Trinajstić information content (AvgIpc) is 2.65. The number of hydrogen-bond acceptors (Lipinski definition) is 3. The van der Waals surface area contributed by atoms with E-state index in [1.807, 2.05) is 24.3 Å². The fraction of sp³-hybridized carbons (Fsp3) is 0.100. The van der Waals surface area contributed by atoms with Gasteiger partial charge in [-0.1, -0.05) is 30.3 Å². The molecule has 1 heterocycles. The first kappa shape index (κ1) is 16.8. The molecule has 126 valence electrons. The molecule has 0 unspecified atom stereocenters. The molecule has 0 fully saturated rings. The largest absolute Gasteiger partial charge is 0.370 e. The highest BCUT2D eigenvalue weighted by molar-refractivity contribution is 6.04. The van der Waals surface area contributed by atoms with E-state index in [1.54, 1.807) is 42.6 Å². The van der Waals surface area contributed by atoms with Gasteiger partial charge < -0.3 is 10.1 Å². The maximum atomic E-state index is 14.2. The number of benzene rings is 2. The number of rotatable bonds is 6. The second-order valence-electron chi connectivity index (χ2n) is 5.44. The lowest BCUT2D eigenvalue weighted by molar-refractivity contribution is 0.102. The van der Waals surface area contributed by atoms with Crippen LogP contribution in [0.3, 0.4) is 0 Å². The van der Waals surface area contributed by atoms with Crippen molar-refractivity contribution in [2.45, 2.75) is 13.2 Å². The Labute approximate surface area is 145 Å². The van der Waals surface area contributed by atoms with Gasteiger partial charge in [-0.3, -0.25) is 9.78 Å². The van der Waals surface area contributed by atoms with Crippen LogP contribution in [0.1, 0.15) is 21.6 Å². The van der Waals surface area contributed by atoms with E-state index in [2.05, 4.69) is 10.3 Å². The van der Waals surface area contributed by atoms with Gasteiger partial charge in [-0.15, -0.1) is 0 Å². The van der Waals surface area contributed by atoms with Gasteiger partial charge in [-0.25, -0.2) is 4.39 Å². The molecule has 1 amide bonds. The highest BCUT2D eigenvalue weighted by Gasteiger charge is 2.08. The van der Waals surface area contributed by atoms with Crippen LogP contribution >= 0.6 is 0 Å². The van der Waals surface area contributed by atoms with Crippen LogP contribution in [-0.4, -0.2) is 10.9 Å². The number of amides is 1. The second-order valence-corrected chi connectivity index (χ2v) is 5.44. The molecule has 1 N–H and O–H groups in total. The highest BCUT2D eigenvalue weighted by Crippen LogP contribution is 2.17. The number of carbonyl (C=O) groups excluding carboxylic acids is 1. The van der Waals surface area contributed by atoms with E-state index in [1.165, 1.54) is 6.07 Å². The number of anilines is 1. The zero-order valence-corrected chi connectivity index (χ0v) is 13.5. The van der Waals surface area contributed by atoms with Gasteiger partial charge in [0.25, 0.3) is 5.91 Å². The van der Waals surface area contributed by atoms with Crippen molar-refractivity contribution in [1.29, 1.82) is 0 Å². The number of hydrogen-bond donors (Lipinski definition) is 1. The van der Waals surface area contributed by atoms with E-state index >= 15 is 0 Å². The SMILES string of the molecule is O=C(Nc1ccc(COCc2ccccn2)c(F)c1)c1ccccc1. The Morgan fingerprint density at radius 3 is 2.52 bits per heavy atom. The first-order valence-electron chi connectivity index (χ1n) is 7.85. The van der Waals surface area contributed by atoms with Gasteiger partial charge in [0.1, 0.15) is 5.82 Å². The zero-order valence-electron chi connectivity index (χ0n) is 13.5. The third-order valence-corrected chi connectivity index (χ3v) is 3.58. The lowest BCUT2D eigenvalue weighted by atomic mass is 10.1. The number of ether oxygens (including phenoxy) is 1. The minimum atomic E-state index is -0.424. The summed E-state index contributed by atoms with van der Waals surface area (Å²) in [4.78, 5) is 16.2. The Kier molecular flexibility index (Phi) is 5.49. The van der Waals surface area contributed by atoms with Crippen LogP contribution in [0.15, 0.2) is 72.9 Å². The average molecular weight is 336 g/mol. The smallest absolute Gasteiger partial charge is 0.255 e. The quantitative estimate of drug-likeness (QED) is 0.734. The monoisotopic (exact) mass is 336 g/mol. The molecule has 25 heavy (non-hydrogen) atoms. The van der Waals surface area contributed by atoms with Crippen LogP contribution in [0.5, 0.6) is 0 Å². The number of nitrogens with zero attached hydrogens (tertiary/aromatic N) is 1. The molecular weight excluding hydrogens is 319 g/mol. The second kappa shape index (κ2) is 8.17. The molecule has 0 aliphatic heterocycles. The summed E-state index contributed by atoms with van der Waals surface area (Å²) in [6, 6.07) is 18.9. The van der Waals surface area contributed by atoms with Crippen molar-refractivity contribution < 1.29 is 13.9 Å².